The van der Waals surface area contributed by atoms with E-state index in [9.17, 15) is 0 Å². The standard InChI is InChI=1S/C25H24BrN7O/c1-17(18-9-11-20(26)12-10-18)31-32-24-28-23(29-25(30-24)33-13-15-34-16-14-33)27-22-8-4-6-19-5-2-3-7-21(19)22/h2-12H,13-16H2,1H3,(H2,27,28,29,30,32)/b31-17-. The fourth-order valence-corrected chi connectivity index (χ4v) is 3.98. The molecule has 0 bridgehead atoms. The highest BCUT2D eigenvalue weighted by molar-refractivity contribution is 9.10. The molecule has 3 aromatic carbocycles. The SMILES string of the molecule is C/C(=N/Nc1nc(Nc2cccc3ccccc23)nc(N2CCOCC2)n1)c1ccc(Br)cc1. The van der Waals surface area contributed by atoms with E-state index in [0.717, 1.165) is 45.3 Å². The van der Waals surface area contributed by atoms with Gasteiger partial charge in [-0.15, -0.1) is 0 Å². The minimum absolute atomic E-state index is 0.371. The molecule has 1 aromatic heterocycles. The summed E-state index contributed by atoms with van der Waals surface area (Å²) in [6.07, 6.45) is 0. The van der Waals surface area contributed by atoms with E-state index in [-0.39, 0.29) is 0 Å². The molecule has 0 saturated carbocycles. The average molecular weight is 518 g/mol. The lowest BCUT2D eigenvalue weighted by Gasteiger charge is -2.27. The van der Waals surface area contributed by atoms with Crippen LogP contribution in [0.5, 0.6) is 0 Å². The molecular weight excluding hydrogens is 494 g/mol. The van der Waals surface area contributed by atoms with Crippen molar-refractivity contribution in [3.8, 4) is 0 Å². The van der Waals surface area contributed by atoms with Crippen molar-refractivity contribution in [2.24, 2.45) is 5.10 Å². The molecule has 2 N–H and O–H groups in total. The number of benzene rings is 3. The maximum absolute atomic E-state index is 5.49. The third kappa shape index (κ3) is 5.16. The molecule has 1 aliphatic rings. The zero-order valence-electron chi connectivity index (χ0n) is 18.7. The molecule has 1 aliphatic heterocycles. The summed E-state index contributed by atoms with van der Waals surface area (Å²) >= 11 is 3.46. The van der Waals surface area contributed by atoms with Gasteiger partial charge in [0.15, 0.2) is 0 Å². The summed E-state index contributed by atoms with van der Waals surface area (Å²) in [5, 5.41) is 10.1. The lowest BCUT2D eigenvalue weighted by molar-refractivity contribution is 0.122. The topological polar surface area (TPSA) is 87.6 Å². The molecule has 2 heterocycles. The van der Waals surface area contributed by atoms with Crippen LogP contribution < -0.4 is 15.6 Å². The second-order valence-electron chi connectivity index (χ2n) is 7.85. The lowest BCUT2D eigenvalue weighted by atomic mass is 10.1. The van der Waals surface area contributed by atoms with Crippen molar-refractivity contribution < 1.29 is 4.74 Å². The number of nitrogens with one attached hydrogen (secondary N) is 2. The van der Waals surface area contributed by atoms with Crippen LogP contribution in [0.1, 0.15) is 12.5 Å². The third-order valence-electron chi connectivity index (χ3n) is 5.54. The number of hydrazone groups is 1. The van der Waals surface area contributed by atoms with E-state index >= 15 is 0 Å². The average Bonchev–Trinajstić information content (AvgIpc) is 2.88. The number of nitrogens with zero attached hydrogens (tertiary/aromatic N) is 5. The van der Waals surface area contributed by atoms with E-state index in [0.29, 0.717) is 31.1 Å². The fourth-order valence-electron chi connectivity index (χ4n) is 3.72. The Bertz CT molecular complexity index is 1320. The monoisotopic (exact) mass is 517 g/mol. The van der Waals surface area contributed by atoms with Crippen molar-refractivity contribution in [3.63, 3.8) is 0 Å². The van der Waals surface area contributed by atoms with Crippen molar-refractivity contribution in [1.82, 2.24) is 15.0 Å². The smallest absolute Gasteiger partial charge is 0.250 e. The largest absolute Gasteiger partial charge is 0.378 e. The minimum Gasteiger partial charge on any atom is -0.378 e. The van der Waals surface area contributed by atoms with Gasteiger partial charge in [-0.05, 0) is 36.1 Å². The van der Waals surface area contributed by atoms with Crippen molar-refractivity contribution in [1.29, 1.82) is 0 Å². The highest BCUT2D eigenvalue weighted by Crippen LogP contribution is 2.26. The first-order valence-electron chi connectivity index (χ1n) is 11.1. The summed E-state index contributed by atoms with van der Waals surface area (Å²) in [5.74, 6) is 1.41. The number of aromatic nitrogens is 3. The van der Waals surface area contributed by atoms with Gasteiger partial charge in [-0.2, -0.15) is 20.1 Å². The van der Waals surface area contributed by atoms with Gasteiger partial charge in [-0.25, -0.2) is 5.43 Å². The summed E-state index contributed by atoms with van der Waals surface area (Å²) in [6, 6.07) is 22.3. The lowest BCUT2D eigenvalue weighted by Crippen LogP contribution is -2.37. The predicted octanol–water partition coefficient (Wildman–Crippen LogP) is 5.20. The zero-order chi connectivity index (χ0) is 23.3. The number of rotatable bonds is 6. The number of morpholine rings is 1. The Balaban J connectivity index is 1.46. The van der Waals surface area contributed by atoms with E-state index < -0.39 is 0 Å². The Labute approximate surface area is 206 Å². The van der Waals surface area contributed by atoms with Crippen LogP contribution in [-0.4, -0.2) is 47.0 Å². The van der Waals surface area contributed by atoms with Crippen LogP contribution in [0.3, 0.4) is 0 Å². The van der Waals surface area contributed by atoms with Gasteiger partial charge in [0.2, 0.25) is 17.8 Å². The molecule has 1 fully saturated rings. The van der Waals surface area contributed by atoms with Gasteiger partial charge in [0.25, 0.3) is 0 Å². The summed E-state index contributed by atoms with van der Waals surface area (Å²) < 4.78 is 6.51. The van der Waals surface area contributed by atoms with Crippen LogP contribution in [0.4, 0.5) is 23.5 Å². The van der Waals surface area contributed by atoms with Crippen molar-refractivity contribution >= 4 is 55.9 Å². The minimum atomic E-state index is 0.371. The quantitative estimate of drug-likeness (QED) is 0.268. The van der Waals surface area contributed by atoms with Crippen LogP contribution >= 0.6 is 15.9 Å². The second-order valence-corrected chi connectivity index (χ2v) is 8.77. The summed E-state index contributed by atoms with van der Waals surface area (Å²) in [5.41, 5.74) is 5.78. The molecular formula is C25H24BrN7O. The maximum atomic E-state index is 5.49. The summed E-state index contributed by atoms with van der Waals surface area (Å²) in [7, 11) is 0. The van der Waals surface area contributed by atoms with Gasteiger partial charge in [0.1, 0.15) is 0 Å². The number of anilines is 4. The Morgan fingerprint density at radius 1 is 0.912 bits per heavy atom. The summed E-state index contributed by atoms with van der Waals surface area (Å²) in [4.78, 5) is 16.0. The molecule has 0 spiro atoms. The number of fused-ring (bicyclic) bond motifs is 1. The first kappa shape index (κ1) is 22.2. The normalized spacial score (nSPS) is 14.3. The molecule has 9 heteroatoms. The van der Waals surface area contributed by atoms with Crippen molar-refractivity contribution in [2.45, 2.75) is 6.92 Å². The zero-order valence-corrected chi connectivity index (χ0v) is 20.3. The highest BCUT2D eigenvalue weighted by Gasteiger charge is 2.17. The maximum Gasteiger partial charge on any atom is 0.250 e. The molecule has 8 nitrogen and oxygen atoms in total. The highest BCUT2D eigenvalue weighted by atomic mass is 79.9. The van der Waals surface area contributed by atoms with Gasteiger partial charge < -0.3 is 15.0 Å². The van der Waals surface area contributed by atoms with E-state index in [4.69, 9.17) is 9.72 Å². The Kier molecular flexibility index (Phi) is 6.64. The van der Waals surface area contributed by atoms with E-state index in [1.54, 1.807) is 0 Å². The third-order valence-corrected chi connectivity index (χ3v) is 6.07. The number of hydrogen-bond donors (Lipinski definition) is 2. The van der Waals surface area contributed by atoms with Crippen molar-refractivity contribution in [3.05, 3.63) is 76.8 Å². The van der Waals surface area contributed by atoms with Crippen molar-refractivity contribution in [2.75, 3.05) is 41.9 Å². The van der Waals surface area contributed by atoms with Crippen LogP contribution in [0.15, 0.2) is 76.3 Å². The Morgan fingerprint density at radius 3 is 2.47 bits per heavy atom. The molecule has 5 rings (SSSR count). The van der Waals surface area contributed by atoms with Crippen LogP contribution in [0.2, 0.25) is 0 Å². The van der Waals surface area contributed by atoms with Crippen LogP contribution in [0.25, 0.3) is 10.8 Å². The summed E-state index contributed by atoms with van der Waals surface area (Å²) in [6.45, 7) is 4.66. The molecule has 4 aromatic rings. The molecule has 0 unspecified atom stereocenters. The number of hydrogen-bond acceptors (Lipinski definition) is 8. The predicted molar refractivity (Wildman–Crippen MR) is 140 cm³/mol. The number of halogens is 1. The number of ether oxygens (including phenoxy) is 1. The van der Waals surface area contributed by atoms with Crippen LogP contribution in [0, 0.1) is 0 Å². The fraction of sp³-hybridized carbons (Fsp3) is 0.200. The van der Waals surface area contributed by atoms with E-state index in [2.05, 4.69) is 64.8 Å². The molecule has 0 amide bonds. The Morgan fingerprint density at radius 2 is 1.65 bits per heavy atom. The van der Waals surface area contributed by atoms with E-state index in [1.165, 1.54) is 0 Å². The molecule has 34 heavy (non-hydrogen) atoms. The molecule has 172 valence electrons. The molecule has 0 atom stereocenters. The van der Waals surface area contributed by atoms with E-state index in [1.807, 2.05) is 55.5 Å². The Hall–Kier alpha value is -3.56. The second kappa shape index (κ2) is 10.1. The van der Waals surface area contributed by atoms with Gasteiger partial charge in [0.05, 0.1) is 18.9 Å². The molecule has 1 saturated heterocycles. The van der Waals surface area contributed by atoms with Gasteiger partial charge in [-0.3, -0.25) is 0 Å². The van der Waals surface area contributed by atoms with Gasteiger partial charge >= 0.3 is 0 Å². The van der Waals surface area contributed by atoms with Crippen LogP contribution in [-0.2, 0) is 4.74 Å². The van der Waals surface area contributed by atoms with Gasteiger partial charge in [-0.1, -0.05) is 64.5 Å². The molecule has 0 aliphatic carbocycles. The molecule has 0 radical (unpaired) electrons. The van der Waals surface area contributed by atoms with Gasteiger partial charge in [0, 0.05) is 28.6 Å². The first-order chi connectivity index (χ1) is 16.7. The first-order valence-corrected chi connectivity index (χ1v) is 11.8.